The molecule has 1 aliphatic rings. The Morgan fingerprint density at radius 1 is 1.10 bits per heavy atom. The molecule has 6 nitrogen and oxygen atoms in total. The Hall–Kier alpha value is -1.61. The van der Waals surface area contributed by atoms with Gasteiger partial charge in [-0.05, 0) is 57.8 Å². The number of halogens is 1. The van der Waals surface area contributed by atoms with Crippen molar-refractivity contribution < 1.29 is 4.42 Å². The average molecular weight is 511 g/mol. The van der Waals surface area contributed by atoms with Gasteiger partial charge < -0.3 is 15.1 Å². The molecule has 0 saturated carbocycles. The van der Waals surface area contributed by atoms with Crippen molar-refractivity contribution in [2.24, 2.45) is 4.99 Å². The number of nitrogens with zero attached hydrogens (tertiary/aromatic N) is 3. The fraction of sp³-hybridized carbons (Fsp3) is 0.545. The van der Waals surface area contributed by atoms with E-state index in [-0.39, 0.29) is 24.0 Å². The van der Waals surface area contributed by atoms with E-state index in [2.05, 4.69) is 51.7 Å². The second-order valence-electron chi connectivity index (χ2n) is 7.40. The fourth-order valence-electron chi connectivity index (χ4n) is 3.50. The molecule has 0 aliphatic carbocycles. The molecule has 1 fully saturated rings. The summed E-state index contributed by atoms with van der Waals surface area (Å²) in [6.07, 6.45) is 3.99. The average Bonchev–Trinajstić information content (AvgIpc) is 3.03. The highest BCUT2D eigenvalue weighted by atomic mass is 127. The van der Waals surface area contributed by atoms with E-state index in [0.717, 1.165) is 30.5 Å². The number of aromatic nitrogens is 1. The first-order valence-electron chi connectivity index (χ1n) is 10.4. The molecule has 160 valence electrons. The van der Waals surface area contributed by atoms with Gasteiger partial charge in [0.25, 0.3) is 0 Å². The summed E-state index contributed by atoms with van der Waals surface area (Å²) >= 11 is 0. The quantitative estimate of drug-likeness (QED) is 0.332. The van der Waals surface area contributed by atoms with Gasteiger partial charge in [0.05, 0.1) is 18.8 Å². The Kier molecular flexibility index (Phi) is 9.93. The van der Waals surface area contributed by atoms with Crippen LogP contribution in [0.5, 0.6) is 0 Å². The Balaban J connectivity index is 0.00000300. The lowest BCUT2D eigenvalue weighted by Crippen LogP contribution is -2.37. The third kappa shape index (κ3) is 7.29. The van der Waals surface area contributed by atoms with Crippen LogP contribution in [0.25, 0.3) is 0 Å². The zero-order chi connectivity index (χ0) is 19.8. The minimum Gasteiger partial charge on any atom is -0.444 e. The zero-order valence-electron chi connectivity index (χ0n) is 17.8. The number of guanidine groups is 1. The Morgan fingerprint density at radius 2 is 1.83 bits per heavy atom. The number of benzene rings is 1. The maximum absolute atomic E-state index is 5.65. The van der Waals surface area contributed by atoms with Crippen LogP contribution < -0.4 is 10.6 Å². The lowest BCUT2D eigenvalue weighted by Gasteiger charge is -2.27. The first-order valence-corrected chi connectivity index (χ1v) is 10.4. The van der Waals surface area contributed by atoms with Gasteiger partial charge in [0.1, 0.15) is 5.76 Å². The largest absolute Gasteiger partial charge is 0.444 e. The van der Waals surface area contributed by atoms with Crippen molar-refractivity contribution in [2.45, 2.75) is 59.7 Å². The fourth-order valence-corrected chi connectivity index (χ4v) is 3.50. The Morgan fingerprint density at radius 3 is 2.48 bits per heavy atom. The number of rotatable bonds is 7. The van der Waals surface area contributed by atoms with Gasteiger partial charge in [-0.1, -0.05) is 30.7 Å². The molecule has 2 N–H and O–H groups in total. The molecule has 0 unspecified atom stereocenters. The monoisotopic (exact) mass is 511 g/mol. The smallest absolute Gasteiger partial charge is 0.214 e. The van der Waals surface area contributed by atoms with Crippen molar-refractivity contribution in [2.75, 3.05) is 19.6 Å². The third-order valence-corrected chi connectivity index (χ3v) is 5.19. The second kappa shape index (κ2) is 12.2. The van der Waals surface area contributed by atoms with Crippen LogP contribution in [0.1, 0.15) is 54.7 Å². The molecule has 1 saturated heterocycles. The number of aliphatic imine (C=N–C) groups is 1. The van der Waals surface area contributed by atoms with Crippen LogP contribution in [0.15, 0.2) is 33.7 Å². The van der Waals surface area contributed by atoms with Crippen LogP contribution >= 0.6 is 24.0 Å². The van der Waals surface area contributed by atoms with Crippen LogP contribution in [0.2, 0.25) is 0 Å². The van der Waals surface area contributed by atoms with Crippen LogP contribution in [0, 0.1) is 13.8 Å². The van der Waals surface area contributed by atoms with E-state index in [0.29, 0.717) is 19.0 Å². The minimum absolute atomic E-state index is 0. The standard InChI is InChI=1S/C22H33N5O.HI/c1-4-23-22(25-15-21-26-17(2)18(3)28-21)24-14-19-10-6-7-11-20(19)16-27-12-8-5-9-13-27;/h6-7,10-11H,4-5,8-9,12-16H2,1-3H3,(H2,23,24,25);1H. The van der Waals surface area contributed by atoms with Crippen molar-refractivity contribution in [1.29, 1.82) is 0 Å². The van der Waals surface area contributed by atoms with Crippen molar-refractivity contribution in [3.05, 3.63) is 52.7 Å². The number of aryl methyl sites for hydroxylation is 2. The van der Waals surface area contributed by atoms with Gasteiger partial charge in [-0.25, -0.2) is 9.98 Å². The molecular formula is C22H34IN5O. The summed E-state index contributed by atoms with van der Waals surface area (Å²) < 4.78 is 5.65. The topological polar surface area (TPSA) is 65.7 Å². The maximum Gasteiger partial charge on any atom is 0.214 e. The normalized spacial score (nSPS) is 15.1. The number of likely N-dealkylation sites (tertiary alicyclic amines) is 1. The molecule has 3 rings (SSSR count). The zero-order valence-corrected chi connectivity index (χ0v) is 20.2. The van der Waals surface area contributed by atoms with E-state index in [1.54, 1.807) is 0 Å². The summed E-state index contributed by atoms with van der Waals surface area (Å²) in [5.41, 5.74) is 3.60. The number of hydrogen-bond acceptors (Lipinski definition) is 4. The lowest BCUT2D eigenvalue weighted by atomic mass is 10.1. The molecule has 1 aromatic heterocycles. The predicted octanol–water partition coefficient (Wildman–Crippen LogP) is 4.15. The van der Waals surface area contributed by atoms with Crippen LogP contribution in [-0.2, 0) is 19.6 Å². The van der Waals surface area contributed by atoms with E-state index >= 15 is 0 Å². The molecule has 1 aromatic carbocycles. The minimum atomic E-state index is 0. The summed E-state index contributed by atoms with van der Waals surface area (Å²) in [4.78, 5) is 11.8. The van der Waals surface area contributed by atoms with Crippen LogP contribution in [-0.4, -0.2) is 35.5 Å². The molecule has 0 amide bonds. The summed E-state index contributed by atoms with van der Waals surface area (Å²) in [5, 5.41) is 6.63. The van der Waals surface area contributed by atoms with E-state index in [9.17, 15) is 0 Å². The van der Waals surface area contributed by atoms with Gasteiger partial charge in [-0.15, -0.1) is 24.0 Å². The molecular weight excluding hydrogens is 477 g/mol. The van der Waals surface area contributed by atoms with Crippen molar-refractivity contribution in [3.8, 4) is 0 Å². The van der Waals surface area contributed by atoms with Gasteiger partial charge in [-0.2, -0.15) is 0 Å². The number of nitrogens with one attached hydrogen (secondary N) is 2. The predicted molar refractivity (Wildman–Crippen MR) is 129 cm³/mol. The van der Waals surface area contributed by atoms with Crippen molar-refractivity contribution in [1.82, 2.24) is 20.5 Å². The van der Waals surface area contributed by atoms with Gasteiger partial charge in [0.2, 0.25) is 5.89 Å². The maximum atomic E-state index is 5.65. The summed E-state index contributed by atoms with van der Waals surface area (Å²) in [7, 11) is 0. The Bertz CT molecular complexity index is 764. The highest BCUT2D eigenvalue weighted by molar-refractivity contribution is 14.0. The van der Waals surface area contributed by atoms with Crippen LogP contribution in [0.4, 0.5) is 0 Å². The SMILES string of the molecule is CCNC(=NCc1ccccc1CN1CCCCC1)NCc1nc(C)c(C)o1.I. The summed E-state index contributed by atoms with van der Waals surface area (Å²) in [5.74, 6) is 2.33. The molecule has 0 atom stereocenters. The van der Waals surface area contributed by atoms with Crippen molar-refractivity contribution in [3.63, 3.8) is 0 Å². The van der Waals surface area contributed by atoms with Gasteiger partial charge in [-0.3, -0.25) is 4.90 Å². The highest BCUT2D eigenvalue weighted by Gasteiger charge is 2.12. The molecule has 0 spiro atoms. The molecule has 1 aliphatic heterocycles. The van der Waals surface area contributed by atoms with Gasteiger partial charge in [0.15, 0.2) is 5.96 Å². The summed E-state index contributed by atoms with van der Waals surface area (Å²) in [6.45, 7) is 11.4. The molecule has 7 heteroatoms. The first-order chi connectivity index (χ1) is 13.7. The van der Waals surface area contributed by atoms with Crippen LogP contribution in [0.3, 0.4) is 0 Å². The first kappa shape index (κ1) is 23.7. The highest BCUT2D eigenvalue weighted by Crippen LogP contribution is 2.17. The third-order valence-electron chi connectivity index (χ3n) is 5.19. The van der Waals surface area contributed by atoms with E-state index in [1.807, 2.05) is 13.8 Å². The molecule has 2 aromatic rings. The molecule has 29 heavy (non-hydrogen) atoms. The van der Waals surface area contributed by atoms with E-state index < -0.39 is 0 Å². The van der Waals surface area contributed by atoms with E-state index in [4.69, 9.17) is 9.41 Å². The summed E-state index contributed by atoms with van der Waals surface area (Å²) in [6, 6.07) is 8.65. The lowest BCUT2D eigenvalue weighted by molar-refractivity contribution is 0.220. The van der Waals surface area contributed by atoms with E-state index in [1.165, 1.54) is 43.5 Å². The number of hydrogen-bond donors (Lipinski definition) is 2. The number of oxazole rings is 1. The van der Waals surface area contributed by atoms with Crippen molar-refractivity contribution >= 4 is 29.9 Å². The second-order valence-corrected chi connectivity index (χ2v) is 7.40. The van der Waals surface area contributed by atoms with Gasteiger partial charge in [0, 0.05) is 13.1 Å². The number of piperidine rings is 1. The molecule has 0 radical (unpaired) electrons. The molecule has 2 heterocycles. The van der Waals surface area contributed by atoms with Gasteiger partial charge >= 0.3 is 0 Å². The molecule has 0 bridgehead atoms. The Labute approximate surface area is 191 Å².